The molecule has 4 bridgehead atoms. The van der Waals surface area contributed by atoms with E-state index >= 15 is 0 Å². The highest BCUT2D eigenvalue weighted by Crippen LogP contribution is 2.93. The van der Waals surface area contributed by atoms with Crippen molar-refractivity contribution < 1.29 is 4.74 Å². The number of rotatable bonds is 2. The van der Waals surface area contributed by atoms with Crippen molar-refractivity contribution in [3.63, 3.8) is 0 Å². The van der Waals surface area contributed by atoms with E-state index in [4.69, 9.17) is 11.2 Å². The van der Waals surface area contributed by atoms with Gasteiger partial charge >= 0.3 is 0 Å². The predicted octanol–water partition coefficient (Wildman–Crippen LogP) is 1.08. The summed E-state index contributed by atoms with van der Waals surface area (Å²) < 4.78 is 6.55. The molecule has 2 nitrogen and oxygen atoms in total. The lowest BCUT2D eigenvalue weighted by Crippen LogP contribution is -2.60. The van der Waals surface area contributed by atoms with Crippen LogP contribution in [0.5, 0.6) is 0 Å². The number of ether oxygens (including phenoxy) is 1. The van der Waals surface area contributed by atoms with Gasteiger partial charge in [0.05, 0.1) is 12.6 Å². The van der Waals surface area contributed by atoms with Crippen molar-refractivity contribution >= 4 is 0 Å². The Morgan fingerprint density at radius 2 is 2.18 bits per heavy atom. The second kappa shape index (κ2) is 1.98. The van der Waals surface area contributed by atoms with Crippen molar-refractivity contribution in [2.45, 2.75) is 25.2 Å². The van der Waals surface area contributed by atoms with Gasteiger partial charge in [-0.25, -0.2) is 0 Å². The molecular weight excluding hydrogens is 210 g/mol. The highest BCUT2D eigenvalue weighted by atomic mass is 16.5. The molecule has 2 heterocycles. The molecule has 17 heavy (non-hydrogen) atoms. The molecule has 0 spiro atoms. The quantitative estimate of drug-likeness (QED) is 0.713. The third-order valence-electron chi connectivity index (χ3n) is 7.77. The monoisotopic (exact) mass is 227 g/mol. The van der Waals surface area contributed by atoms with E-state index in [1.54, 1.807) is 0 Å². The minimum atomic E-state index is 0.00748. The molecule has 7 aliphatic rings. The largest absolute Gasteiger partial charge is 0.356 e. The number of terminal acetylenes is 1. The maximum atomic E-state index is 6.55. The fraction of sp³-hybridized carbons (Fsp3) is 0.867. The van der Waals surface area contributed by atoms with Crippen LogP contribution in [0, 0.1) is 59.2 Å². The average Bonchev–Trinajstić information content (AvgIpc) is 2.94. The molecule has 1 N–H and O–H groups in total. The van der Waals surface area contributed by atoms with Crippen LogP contribution in [0.1, 0.15) is 13.3 Å². The smallest absolute Gasteiger partial charge is 0.127 e. The van der Waals surface area contributed by atoms with Crippen LogP contribution < -0.4 is 5.32 Å². The van der Waals surface area contributed by atoms with Crippen LogP contribution in [-0.4, -0.2) is 18.4 Å². The van der Waals surface area contributed by atoms with Crippen molar-refractivity contribution in [3.8, 4) is 12.3 Å². The Morgan fingerprint density at radius 1 is 1.35 bits per heavy atom. The number of hydrogen-bond donors (Lipinski definition) is 1. The van der Waals surface area contributed by atoms with Crippen LogP contribution >= 0.6 is 0 Å². The van der Waals surface area contributed by atoms with E-state index in [2.05, 4.69) is 18.2 Å². The van der Waals surface area contributed by atoms with Gasteiger partial charge in [-0.2, -0.15) is 0 Å². The van der Waals surface area contributed by atoms with Crippen LogP contribution in [-0.2, 0) is 4.74 Å². The number of hydrogen-bond acceptors (Lipinski definition) is 2. The topological polar surface area (TPSA) is 21.3 Å². The van der Waals surface area contributed by atoms with E-state index in [0.29, 0.717) is 18.1 Å². The molecule has 0 radical (unpaired) electrons. The molecule has 2 heteroatoms. The van der Waals surface area contributed by atoms with Gasteiger partial charge in [0.15, 0.2) is 0 Å². The fourth-order valence-electron chi connectivity index (χ4n) is 8.12. The molecule has 88 valence electrons. The zero-order valence-corrected chi connectivity index (χ0v) is 10.0. The summed E-state index contributed by atoms with van der Waals surface area (Å²) in [7, 11) is 0. The van der Waals surface area contributed by atoms with E-state index in [0.717, 1.165) is 41.4 Å². The molecule has 0 aromatic heterocycles. The first kappa shape index (κ1) is 8.56. The van der Waals surface area contributed by atoms with Crippen molar-refractivity contribution in [2.75, 3.05) is 6.54 Å². The number of nitrogens with one attached hydrogen (secondary N) is 1. The Kier molecular flexibility index (Phi) is 0.997. The van der Waals surface area contributed by atoms with E-state index < -0.39 is 0 Å². The van der Waals surface area contributed by atoms with Gasteiger partial charge in [0.25, 0.3) is 0 Å². The standard InChI is InChI=1S/C15H17NO/c1-3-4-16-15-11-6-5-7-9(11)13(17-15)14(2)10(7)8(6)12(14)15/h1,6-13,16H,4-5H2,2H3. The normalized spacial score (nSPS) is 78.1. The lowest BCUT2D eigenvalue weighted by Gasteiger charge is -2.54. The summed E-state index contributed by atoms with van der Waals surface area (Å²) in [6.07, 6.45) is 7.53. The summed E-state index contributed by atoms with van der Waals surface area (Å²) in [4.78, 5) is 0. The molecule has 7 fully saturated rings. The SMILES string of the molecule is C#CCNC12OC3C4C5CC(C6C5C3(C)C61)C42. The third-order valence-corrected chi connectivity index (χ3v) is 7.77. The third kappa shape index (κ3) is 0.494. The molecule has 2 aliphatic heterocycles. The van der Waals surface area contributed by atoms with Crippen LogP contribution in [0.25, 0.3) is 0 Å². The fourth-order valence-corrected chi connectivity index (χ4v) is 8.12. The Morgan fingerprint density at radius 3 is 3.00 bits per heavy atom. The van der Waals surface area contributed by atoms with E-state index in [9.17, 15) is 0 Å². The minimum Gasteiger partial charge on any atom is -0.356 e. The zero-order valence-electron chi connectivity index (χ0n) is 10.0. The molecule has 0 aromatic rings. The van der Waals surface area contributed by atoms with E-state index in [-0.39, 0.29) is 5.72 Å². The van der Waals surface area contributed by atoms with Crippen LogP contribution in [0.3, 0.4) is 0 Å². The highest BCUT2D eigenvalue weighted by molar-refractivity contribution is 5.42. The Labute approximate surface area is 101 Å². The lowest BCUT2D eigenvalue weighted by atomic mass is 9.49. The molecule has 10 unspecified atom stereocenters. The van der Waals surface area contributed by atoms with Gasteiger partial charge in [-0.15, -0.1) is 6.42 Å². The van der Waals surface area contributed by atoms with Gasteiger partial charge in [0.1, 0.15) is 5.72 Å². The second-order valence-corrected chi connectivity index (χ2v) is 7.50. The zero-order chi connectivity index (χ0) is 11.2. The van der Waals surface area contributed by atoms with Crippen LogP contribution in [0.4, 0.5) is 0 Å². The molecule has 7 rings (SSSR count). The predicted molar refractivity (Wildman–Crippen MR) is 61.6 cm³/mol. The molecule has 0 aromatic carbocycles. The van der Waals surface area contributed by atoms with Gasteiger partial charge in [-0.05, 0) is 36.0 Å². The minimum absolute atomic E-state index is 0.00748. The maximum Gasteiger partial charge on any atom is 0.127 e. The summed E-state index contributed by atoms with van der Waals surface area (Å²) in [6, 6.07) is 0. The average molecular weight is 227 g/mol. The Hall–Kier alpha value is -0.520. The first-order valence-corrected chi connectivity index (χ1v) is 7.11. The molecule has 0 amide bonds. The van der Waals surface area contributed by atoms with E-state index in [1.807, 2.05) is 0 Å². The summed E-state index contributed by atoms with van der Waals surface area (Å²) >= 11 is 0. The summed E-state index contributed by atoms with van der Waals surface area (Å²) in [5, 5.41) is 3.64. The molecule has 5 saturated carbocycles. The van der Waals surface area contributed by atoms with Crippen molar-refractivity contribution in [3.05, 3.63) is 0 Å². The summed E-state index contributed by atoms with van der Waals surface area (Å²) in [5.41, 5.74) is 0.525. The van der Waals surface area contributed by atoms with Gasteiger partial charge < -0.3 is 4.74 Å². The second-order valence-electron chi connectivity index (χ2n) is 7.50. The summed E-state index contributed by atoms with van der Waals surface area (Å²) in [5.74, 6) is 9.23. The van der Waals surface area contributed by atoms with Gasteiger partial charge in [-0.3, -0.25) is 5.32 Å². The molecular formula is C15H17NO. The molecule has 2 saturated heterocycles. The first-order valence-electron chi connectivity index (χ1n) is 7.11. The van der Waals surface area contributed by atoms with Gasteiger partial charge in [-0.1, -0.05) is 12.8 Å². The van der Waals surface area contributed by atoms with Gasteiger partial charge in [0.2, 0.25) is 0 Å². The van der Waals surface area contributed by atoms with E-state index in [1.165, 1.54) is 6.42 Å². The van der Waals surface area contributed by atoms with Crippen molar-refractivity contribution in [2.24, 2.45) is 46.8 Å². The maximum absolute atomic E-state index is 6.55. The van der Waals surface area contributed by atoms with Crippen LogP contribution in [0.2, 0.25) is 0 Å². The summed E-state index contributed by atoms with van der Waals surface area (Å²) in [6.45, 7) is 3.19. The van der Waals surface area contributed by atoms with Crippen molar-refractivity contribution in [1.29, 1.82) is 0 Å². The molecule has 5 aliphatic carbocycles. The highest BCUT2D eigenvalue weighted by Gasteiger charge is 2.96. The Balaban J connectivity index is 1.60. The first-order chi connectivity index (χ1) is 8.25. The van der Waals surface area contributed by atoms with Gasteiger partial charge in [0, 0.05) is 17.3 Å². The lowest BCUT2D eigenvalue weighted by molar-refractivity contribution is -0.0805. The Bertz CT molecular complexity index is 510. The van der Waals surface area contributed by atoms with Crippen molar-refractivity contribution in [1.82, 2.24) is 5.32 Å². The molecule has 10 atom stereocenters. The van der Waals surface area contributed by atoms with Crippen LogP contribution in [0.15, 0.2) is 0 Å².